The van der Waals surface area contributed by atoms with Gasteiger partial charge in [-0.25, -0.2) is 0 Å². The number of nitrogens with zero attached hydrogens (tertiary/aromatic N) is 1. The van der Waals surface area contributed by atoms with Crippen LogP contribution in [-0.4, -0.2) is 47.8 Å². The fraction of sp³-hybridized carbons (Fsp3) is 0.556. The van der Waals surface area contributed by atoms with E-state index in [9.17, 15) is 9.59 Å². The van der Waals surface area contributed by atoms with Gasteiger partial charge in [0.25, 0.3) is 0 Å². The number of alkyl halides is 1. The summed E-state index contributed by atoms with van der Waals surface area (Å²) in [6.45, 7) is 3.56. The Kier molecular flexibility index (Phi) is 7.37. The summed E-state index contributed by atoms with van der Waals surface area (Å²) in [7, 11) is 0. The summed E-state index contributed by atoms with van der Waals surface area (Å²) in [5.74, 6) is 0.844. The third-order valence-electron chi connectivity index (χ3n) is 4.10. The smallest absolute Gasteiger partial charge is 0.237 e. The summed E-state index contributed by atoms with van der Waals surface area (Å²) in [5, 5.41) is 2.40. The van der Waals surface area contributed by atoms with E-state index in [0.717, 1.165) is 18.6 Å². The van der Waals surface area contributed by atoms with Crippen molar-refractivity contribution >= 4 is 23.4 Å². The molecule has 6 heteroatoms. The van der Waals surface area contributed by atoms with Crippen LogP contribution in [0.4, 0.5) is 0 Å². The number of piperidine rings is 1. The van der Waals surface area contributed by atoms with Gasteiger partial charge < -0.3 is 15.0 Å². The van der Waals surface area contributed by atoms with Crippen molar-refractivity contribution in [3.05, 3.63) is 30.3 Å². The van der Waals surface area contributed by atoms with E-state index in [1.807, 2.05) is 35.2 Å². The molecule has 1 unspecified atom stereocenters. The second-order valence-corrected chi connectivity index (χ2v) is 6.70. The highest BCUT2D eigenvalue weighted by Gasteiger charge is 2.24. The van der Waals surface area contributed by atoms with Crippen molar-refractivity contribution in [3.63, 3.8) is 0 Å². The van der Waals surface area contributed by atoms with Gasteiger partial charge in [0.15, 0.2) is 0 Å². The van der Waals surface area contributed by atoms with E-state index in [1.54, 1.807) is 6.92 Å². The Morgan fingerprint density at radius 2 is 1.96 bits per heavy atom. The molecule has 2 rings (SSSR count). The molecule has 2 amide bonds. The maximum absolute atomic E-state index is 12.2. The average Bonchev–Trinajstić information content (AvgIpc) is 2.60. The number of benzene rings is 1. The Bertz CT molecular complexity index is 528. The van der Waals surface area contributed by atoms with Gasteiger partial charge in [-0.1, -0.05) is 18.2 Å². The molecule has 24 heavy (non-hydrogen) atoms. The fourth-order valence-electron chi connectivity index (χ4n) is 2.68. The first-order valence-electron chi connectivity index (χ1n) is 8.46. The van der Waals surface area contributed by atoms with Crippen molar-refractivity contribution in [1.82, 2.24) is 10.2 Å². The highest BCUT2D eigenvalue weighted by molar-refractivity contribution is 6.30. The van der Waals surface area contributed by atoms with Crippen LogP contribution in [0.5, 0.6) is 5.75 Å². The van der Waals surface area contributed by atoms with Gasteiger partial charge >= 0.3 is 0 Å². The molecule has 1 aliphatic rings. The average molecular weight is 353 g/mol. The van der Waals surface area contributed by atoms with Gasteiger partial charge in [0.05, 0.1) is 6.61 Å². The highest BCUT2D eigenvalue weighted by Crippen LogP contribution is 2.13. The summed E-state index contributed by atoms with van der Waals surface area (Å²) in [6.07, 6.45) is 2.75. The minimum Gasteiger partial charge on any atom is -0.494 e. The van der Waals surface area contributed by atoms with Crippen molar-refractivity contribution in [3.8, 4) is 5.75 Å². The molecule has 1 aromatic rings. The lowest BCUT2D eigenvalue weighted by Crippen LogP contribution is -2.47. The van der Waals surface area contributed by atoms with E-state index in [0.29, 0.717) is 32.5 Å². The summed E-state index contributed by atoms with van der Waals surface area (Å²) in [5.41, 5.74) is 0. The number of ether oxygens (including phenoxy) is 1. The van der Waals surface area contributed by atoms with Crippen molar-refractivity contribution in [2.75, 3.05) is 19.7 Å². The normalized spacial score (nSPS) is 16.5. The Hall–Kier alpha value is -1.75. The Balaban J connectivity index is 1.61. The lowest BCUT2D eigenvalue weighted by molar-refractivity contribution is -0.132. The largest absolute Gasteiger partial charge is 0.494 e. The molecule has 0 spiro atoms. The quantitative estimate of drug-likeness (QED) is 0.606. The van der Waals surface area contributed by atoms with Crippen LogP contribution < -0.4 is 10.1 Å². The number of carbonyl (C=O) groups is 2. The molecule has 1 aromatic carbocycles. The van der Waals surface area contributed by atoms with E-state index < -0.39 is 5.38 Å². The first-order chi connectivity index (χ1) is 11.6. The molecule has 1 N–H and O–H groups in total. The maximum Gasteiger partial charge on any atom is 0.237 e. The van der Waals surface area contributed by atoms with Gasteiger partial charge in [0.2, 0.25) is 11.8 Å². The van der Waals surface area contributed by atoms with Crippen LogP contribution in [0.3, 0.4) is 0 Å². The molecule has 5 nitrogen and oxygen atoms in total. The molecule has 1 fully saturated rings. The van der Waals surface area contributed by atoms with Crippen LogP contribution in [0, 0.1) is 0 Å². The first-order valence-corrected chi connectivity index (χ1v) is 8.90. The van der Waals surface area contributed by atoms with Gasteiger partial charge in [-0.15, -0.1) is 11.6 Å². The van der Waals surface area contributed by atoms with Crippen LogP contribution in [0.15, 0.2) is 30.3 Å². The van der Waals surface area contributed by atoms with Crippen LogP contribution in [0.1, 0.15) is 32.6 Å². The molecule has 1 heterocycles. The summed E-state index contributed by atoms with van der Waals surface area (Å²) < 4.78 is 5.60. The van der Waals surface area contributed by atoms with Gasteiger partial charge in [0.1, 0.15) is 11.1 Å². The van der Waals surface area contributed by atoms with Crippen molar-refractivity contribution < 1.29 is 14.3 Å². The number of rotatable bonds is 7. The van der Waals surface area contributed by atoms with Crippen LogP contribution in [-0.2, 0) is 9.59 Å². The minimum absolute atomic E-state index is 0.115. The molecule has 1 saturated heterocycles. The fourth-order valence-corrected chi connectivity index (χ4v) is 2.74. The van der Waals surface area contributed by atoms with Crippen molar-refractivity contribution in [1.29, 1.82) is 0 Å². The molecule has 1 aliphatic heterocycles. The molecule has 1 atom stereocenters. The molecule has 132 valence electrons. The predicted molar refractivity (Wildman–Crippen MR) is 94.2 cm³/mol. The topological polar surface area (TPSA) is 58.6 Å². The number of hydrogen-bond acceptors (Lipinski definition) is 3. The summed E-state index contributed by atoms with van der Waals surface area (Å²) >= 11 is 5.75. The molecule has 0 radical (unpaired) electrons. The summed E-state index contributed by atoms with van der Waals surface area (Å²) in [4.78, 5) is 25.7. The van der Waals surface area contributed by atoms with Gasteiger partial charge in [-0.3, -0.25) is 9.59 Å². The summed E-state index contributed by atoms with van der Waals surface area (Å²) in [6, 6.07) is 9.72. The van der Waals surface area contributed by atoms with Gasteiger partial charge in [0, 0.05) is 25.6 Å². The SMILES string of the molecule is CC(Cl)C(=O)NC1CCN(C(=O)CCCOc2ccccc2)CC1. The lowest BCUT2D eigenvalue weighted by Gasteiger charge is -2.32. The molecule has 0 bridgehead atoms. The van der Waals surface area contributed by atoms with Gasteiger partial charge in [-0.2, -0.15) is 0 Å². The molecule has 0 aliphatic carbocycles. The van der Waals surface area contributed by atoms with Crippen molar-refractivity contribution in [2.45, 2.75) is 44.0 Å². The molecular formula is C18H25ClN2O3. The number of likely N-dealkylation sites (tertiary alicyclic amines) is 1. The Labute approximate surface area is 148 Å². The Morgan fingerprint density at radius 1 is 1.29 bits per heavy atom. The molecule has 0 aromatic heterocycles. The highest BCUT2D eigenvalue weighted by atomic mass is 35.5. The van der Waals surface area contributed by atoms with E-state index in [2.05, 4.69) is 5.32 Å². The number of halogens is 1. The third-order valence-corrected chi connectivity index (χ3v) is 4.30. The van der Waals surface area contributed by atoms with E-state index in [1.165, 1.54) is 0 Å². The Morgan fingerprint density at radius 3 is 2.58 bits per heavy atom. The van der Waals surface area contributed by atoms with E-state index in [-0.39, 0.29) is 17.9 Å². The number of amides is 2. The number of para-hydroxylation sites is 1. The minimum atomic E-state index is -0.519. The predicted octanol–water partition coefficient (Wildman–Crippen LogP) is 2.58. The zero-order valence-electron chi connectivity index (χ0n) is 14.0. The standard InChI is InChI=1S/C18H25ClN2O3/c1-14(19)18(23)20-15-9-11-21(12-10-15)17(22)8-5-13-24-16-6-3-2-4-7-16/h2-4,6-7,14-15H,5,8-13H2,1H3,(H,20,23). The zero-order chi connectivity index (χ0) is 17.4. The second-order valence-electron chi connectivity index (χ2n) is 6.04. The van der Waals surface area contributed by atoms with E-state index >= 15 is 0 Å². The maximum atomic E-state index is 12.2. The monoisotopic (exact) mass is 352 g/mol. The van der Waals surface area contributed by atoms with Crippen LogP contribution in [0.2, 0.25) is 0 Å². The zero-order valence-corrected chi connectivity index (χ0v) is 14.8. The third kappa shape index (κ3) is 6.04. The van der Waals surface area contributed by atoms with Crippen LogP contribution >= 0.6 is 11.6 Å². The number of hydrogen-bond donors (Lipinski definition) is 1. The second kappa shape index (κ2) is 9.52. The molecular weight excluding hydrogens is 328 g/mol. The number of carbonyl (C=O) groups excluding carboxylic acids is 2. The van der Waals surface area contributed by atoms with Crippen LogP contribution in [0.25, 0.3) is 0 Å². The van der Waals surface area contributed by atoms with Gasteiger partial charge in [-0.05, 0) is 38.3 Å². The lowest BCUT2D eigenvalue weighted by atomic mass is 10.0. The van der Waals surface area contributed by atoms with E-state index in [4.69, 9.17) is 16.3 Å². The van der Waals surface area contributed by atoms with Crippen molar-refractivity contribution in [2.24, 2.45) is 0 Å². The molecule has 0 saturated carbocycles. The number of nitrogens with one attached hydrogen (secondary N) is 1. The first kappa shape index (κ1) is 18.6.